The van der Waals surface area contributed by atoms with Gasteiger partial charge in [-0.15, -0.1) is 0 Å². The molecule has 0 atom stereocenters. The minimum absolute atomic E-state index is 0.220. The van der Waals surface area contributed by atoms with Crippen molar-refractivity contribution in [3.63, 3.8) is 0 Å². The summed E-state index contributed by atoms with van der Waals surface area (Å²) in [6.45, 7) is 7.11. The number of nitrogens with zero attached hydrogens (tertiary/aromatic N) is 2. The van der Waals surface area contributed by atoms with Crippen molar-refractivity contribution in [2.45, 2.75) is 32.3 Å². The molecule has 2 heterocycles. The van der Waals surface area contributed by atoms with Gasteiger partial charge in [-0.05, 0) is 38.5 Å². The first-order chi connectivity index (χ1) is 7.96. The maximum absolute atomic E-state index is 11.7. The minimum atomic E-state index is -0.418. The summed E-state index contributed by atoms with van der Waals surface area (Å²) in [6, 6.07) is 3.99. The van der Waals surface area contributed by atoms with Crippen LogP contribution in [0.25, 0.3) is 0 Å². The van der Waals surface area contributed by atoms with Crippen LogP contribution in [0.15, 0.2) is 24.5 Å². The third kappa shape index (κ3) is 2.96. The van der Waals surface area contributed by atoms with Crippen LogP contribution in [0.1, 0.15) is 32.3 Å². The average Bonchev–Trinajstić information content (AvgIpc) is 2.14. The quantitative estimate of drug-likeness (QED) is 0.749. The van der Waals surface area contributed by atoms with E-state index in [1.54, 1.807) is 17.3 Å². The van der Waals surface area contributed by atoms with Crippen molar-refractivity contribution in [3.05, 3.63) is 30.1 Å². The highest BCUT2D eigenvalue weighted by molar-refractivity contribution is 5.69. The van der Waals surface area contributed by atoms with E-state index in [9.17, 15) is 4.79 Å². The largest absolute Gasteiger partial charge is 0.444 e. The number of aromatic nitrogens is 1. The molecule has 0 N–H and O–H groups in total. The Morgan fingerprint density at radius 1 is 1.35 bits per heavy atom. The molecule has 2 rings (SSSR count). The van der Waals surface area contributed by atoms with E-state index in [4.69, 9.17) is 4.74 Å². The number of amides is 1. The Hall–Kier alpha value is -1.58. The molecule has 1 aliphatic heterocycles. The minimum Gasteiger partial charge on any atom is -0.444 e. The van der Waals surface area contributed by atoms with Crippen LogP contribution in [0.2, 0.25) is 0 Å². The van der Waals surface area contributed by atoms with Gasteiger partial charge in [-0.25, -0.2) is 4.79 Å². The van der Waals surface area contributed by atoms with Crippen molar-refractivity contribution in [1.29, 1.82) is 0 Å². The lowest BCUT2D eigenvalue weighted by Gasteiger charge is -2.39. The molecule has 1 aromatic heterocycles. The molecule has 1 amide bonds. The van der Waals surface area contributed by atoms with Gasteiger partial charge in [-0.3, -0.25) is 4.98 Å². The molecule has 1 aromatic rings. The van der Waals surface area contributed by atoms with Crippen LogP contribution >= 0.6 is 0 Å². The van der Waals surface area contributed by atoms with E-state index in [1.165, 1.54) is 5.56 Å². The molecule has 4 heteroatoms. The monoisotopic (exact) mass is 234 g/mol. The molecule has 1 fully saturated rings. The maximum atomic E-state index is 11.7. The number of rotatable bonds is 1. The standard InChI is InChI=1S/C13H18N2O2/c1-13(2,3)17-12(16)15-8-11(9-15)10-4-6-14-7-5-10/h4-7,11H,8-9H2,1-3H3. The second-order valence-corrected chi connectivity index (χ2v) is 5.36. The first kappa shape index (κ1) is 11.9. The fourth-order valence-corrected chi connectivity index (χ4v) is 1.80. The van der Waals surface area contributed by atoms with Crippen molar-refractivity contribution in [2.75, 3.05) is 13.1 Å². The van der Waals surface area contributed by atoms with Gasteiger partial charge in [0.25, 0.3) is 0 Å². The molecular weight excluding hydrogens is 216 g/mol. The van der Waals surface area contributed by atoms with Gasteiger partial charge in [0.05, 0.1) is 0 Å². The van der Waals surface area contributed by atoms with E-state index in [2.05, 4.69) is 4.98 Å². The zero-order valence-electron chi connectivity index (χ0n) is 10.5. The summed E-state index contributed by atoms with van der Waals surface area (Å²) >= 11 is 0. The van der Waals surface area contributed by atoms with Gasteiger partial charge in [0.2, 0.25) is 0 Å². The van der Waals surface area contributed by atoms with Crippen molar-refractivity contribution < 1.29 is 9.53 Å². The highest BCUT2D eigenvalue weighted by Gasteiger charge is 2.34. The van der Waals surface area contributed by atoms with Crippen LogP contribution in [0.4, 0.5) is 4.79 Å². The Labute approximate surface area is 102 Å². The van der Waals surface area contributed by atoms with Crippen LogP contribution in [0.3, 0.4) is 0 Å². The Bertz CT molecular complexity index is 392. The molecule has 0 aliphatic carbocycles. The number of carbonyl (C=O) groups is 1. The van der Waals surface area contributed by atoms with E-state index in [1.807, 2.05) is 32.9 Å². The second-order valence-electron chi connectivity index (χ2n) is 5.36. The lowest BCUT2D eigenvalue weighted by Crippen LogP contribution is -2.50. The van der Waals surface area contributed by atoms with Crippen LogP contribution < -0.4 is 0 Å². The van der Waals surface area contributed by atoms with Gasteiger partial charge in [0.1, 0.15) is 5.60 Å². The van der Waals surface area contributed by atoms with E-state index in [0.29, 0.717) is 5.92 Å². The van der Waals surface area contributed by atoms with Gasteiger partial charge in [-0.1, -0.05) is 0 Å². The molecule has 1 saturated heterocycles. The van der Waals surface area contributed by atoms with Crippen LogP contribution in [0.5, 0.6) is 0 Å². The van der Waals surface area contributed by atoms with Crippen molar-refractivity contribution >= 4 is 6.09 Å². The Morgan fingerprint density at radius 3 is 2.47 bits per heavy atom. The zero-order chi connectivity index (χ0) is 12.5. The Kier molecular flexibility index (Phi) is 3.05. The normalized spacial score (nSPS) is 16.5. The maximum Gasteiger partial charge on any atom is 0.410 e. The summed E-state index contributed by atoms with van der Waals surface area (Å²) in [4.78, 5) is 17.4. The predicted octanol–water partition coefficient (Wildman–Crippen LogP) is 2.42. The third-order valence-corrected chi connectivity index (χ3v) is 2.71. The van der Waals surface area contributed by atoms with Gasteiger partial charge in [0, 0.05) is 31.4 Å². The highest BCUT2D eigenvalue weighted by atomic mass is 16.6. The van der Waals surface area contributed by atoms with Crippen molar-refractivity contribution in [3.8, 4) is 0 Å². The predicted molar refractivity (Wildman–Crippen MR) is 64.8 cm³/mol. The molecule has 0 spiro atoms. The van der Waals surface area contributed by atoms with Crippen molar-refractivity contribution in [1.82, 2.24) is 9.88 Å². The molecule has 0 aromatic carbocycles. The molecule has 92 valence electrons. The summed E-state index contributed by atoms with van der Waals surface area (Å²) in [6.07, 6.45) is 3.35. The van der Waals surface area contributed by atoms with Crippen molar-refractivity contribution in [2.24, 2.45) is 0 Å². The second kappa shape index (κ2) is 4.35. The lowest BCUT2D eigenvalue weighted by atomic mass is 9.93. The molecule has 0 unspecified atom stereocenters. The number of likely N-dealkylation sites (tertiary alicyclic amines) is 1. The van der Waals surface area contributed by atoms with Crippen LogP contribution in [0, 0.1) is 0 Å². The molecule has 0 saturated carbocycles. The van der Waals surface area contributed by atoms with Gasteiger partial charge < -0.3 is 9.64 Å². The fraction of sp³-hybridized carbons (Fsp3) is 0.538. The number of carbonyl (C=O) groups excluding carboxylic acids is 1. The number of ether oxygens (including phenoxy) is 1. The van der Waals surface area contributed by atoms with Gasteiger partial charge >= 0.3 is 6.09 Å². The Balaban J connectivity index is 1.85. The summed E-state index contributed by atoms with van der Waals surface area (Å²) in [5.74, 6) is 0.422. The SMILES string of the molecule is CC(C)(C)OC(=O)N1CC(c2ccncc2)C1. The number of pyridine rings is 1. The van der Waals surface area contributed by atoms with Crippen LogP contribution in [-0.2, 0) is 4.74 Å². The molecular formula is C13H18N2O2. The first-order valence-corrected chi connectivity index (χ1v) is 5.83. The highest BCUT2D eigenvalue weighted by Crippen LogP contribution is 2.27. The molecule has 0 radical (unpaired) electrons. The fourth-order valence-electron chi connectivity index (χ4n) is 1.80. The molecule has 1 aliphatic rings. The summed E-state index contributed by atoms with van der Waals surface area (Å²) < 4.78 is 5.30. The van der Waals surface area contributed by atoms with Gasteiger partial charge in [0.15, 0.2) is 0 Å². The zero-order valence-corrected chi connectivity index (χ0v) is 10.5. The smallest absolute Gasteiger partial charge is 0.410 e. The lowest BCUT2D eigenvalue weighted by molar-refractivity contribution is 0.00819. The third-order valence-electron chi connectivity index (χ3n) is 2.71. The van der Waals surface area contributed by atoms with E-state index < -0.39 is 5.60 Å². The molecule has 4 nitrogen and oxygen atoms in total. The number of hydrogen-bond donors (Lipinski definition) is 0. The molecule has 17 heavy (non-hydrogen) atoms. The van der Waals surface area contributed by atoms with E-state index in [-0.39, 0.29) is 6.09 Å². The van der Waals surface area contributed by atoms with E-state index >= 15 is 0 Å². The van der Waals surface area contributed by atoms with Gasteiger partial charge in [-0.2, -0.15) is 0 Å². The summed E-state index contributed by atoms with van der Waals surface area (Å²) in [7, 11) is 0. The summed E-state index contributed by atoms with van der Waals surface area (Å²) in [5.41, 5.74) is 0.818. The summed E-state index contributed by atoms with van der Waals surface area (Å²) in [5, 5.41) is 0. The molecule has 0 bridgehead atoms. The number of hydrogen-bond acceptors (Lipinski definition) is 3. The van der Waals surface area contributed by atoms with Crippen LogP contribution in [-0.4, -0.2) is 34.7 Å². The Morgan fingerprint density at radius 2 is 1.94 bits per heavy atom. The van der Waals surface area contributed by atoms with E-state index in [0.717, 1.165) is 13.1 Å². The topological polar surface area (TPSA) is 42.4 Å². The first-order valence-electron chi connectivity index (χ1n) is 5.83. The average molecular weight is 234 g/mol.